The van der Waals surface area contributed by atoms with Gasteiger partial charge in [-0.2, -0.15) is 0 Å². The largest absolute Gasteiger partial charge is 0.478 e. The van der Waals surface area contributed by atoms with Crippen molar-refractivity contribution in [2.45, 2.75) is 6.92 Å². The zero-order valence-corrected chi connectivity index (χ0v) is 11.8. The topological polar surface area (TPSA) is 79.9 Å². The first kappa shape index (κ1) is 12.8. The van der Waals surface area contributed by atoms with Crippen LogP contribution in [0.5, 0.6) is 5.88 Å². The molecule has 0 atom stereocenters. The Morgan fingerprint density at radius 2 is 2.28 bits per heavy atom. The van der Waals surface area contributed by atoms with E-state index >= 15 is 0 Å². The van der Waals surface area contributed by atoms with E-state index < -0.39 is 0 Å². The molecule has 0 bridgehead atoms. The Morgan fingerprint density at radius 1 is 1.44 bits per heavy atom. The van der Waals surface area contributed by atoms with Crippen LogP contribution in [-0.4, -0.2) is 21.6 Å². The van der Waals surface area contributed by atoms with Gasteiger partial charge in [0.2, 0.25) is 5.88 Å². The maximum absolute atomic E-state index is 11.4. The molecule has 0 saturated carbocycles. The van der Waals surface area contributed by atoms with E-state index in [2.05, 4.69) is 20.3 Å². The standard InChI is InChI=1S/C11H11IN4O2/c1-2-18-8-4-3-7(5-13-8)16-10-9(12)11(17)15-6-14-10/h3-6H,2H2,1H3,(H2,14,15,16,17). The Morgan fingerprint density at radius 3 is 2.94 bits per heavy atom. The molecule has 6 nitrogen and oxygen atoms in total. The summed E-state index contributed by atoms with van der Waals surface area (Å²) in [7, 11) is 0. The van der Waals surface area contributed by atoms with Crippen molar-refractivity contribution >= 4 is 34.1 Å². The number of nitrogens with one attached hydrogen (secondary N) is 2. The summed E-state index contributed by atoms with van der Waals surface area (Å²) in [5.74, 6) is 1.07. The van der Waals surface area contributed by atoms with Gasteiger partial charge in [-0.25, -0.2) is 9.97 Å². The number of anilines is 2. The lowest BCUT2D eigenvalue weighted by Crippen LogP contribution is -2.12. The molecular formula is C11H11IN4O2. The van der Waals surface area contributed by atoms with Gasteiger partial charge in [0.25, 0.3) is 5.56 Å². The minimum Gasteiger partial charge on any atom is -0.478 e. The second kappa shape index (κ2) is 5.80. The van der Waals surface area contributed by atoms with Gasteiger partial charge in [0.15, 0.2) is 5.82 Å². The van der Waals surface area contributed by atoms with Crippen LogP contribution in [0.1, 0.15) is 6.92 Å². The van der Waals surface area contributed by atoms with Crippen molar-refractivity contribution in [1.82, 2.24) is 15.0 Å². The lowest BCUT2D eigenvalue weighted by molar-refractivity contribution is 0.327. The first-order chi connectivity index (χ1) is 8.70. The van der Waals surface area contributed by atoms with E-state index in [0.717, 1.165) is 5.69 Å². The van der Waals surface area contributed by atoms with Crippen molar-refractivity contribution in [3.8, 4) is 5.88 Å². The molecule has 2 aromatic rings. The average molecular weight is 358 g/mol. The number of H-pyrrole nitrogens is 1. The summed E-state index contributed by atoms with van der Waals surface area (Å²) in [5, 5.41) is 3.03. The quantitative estimate of drug-likeness (QED) is 0.817. The first-order valence-electron chi connectivity index (χ1n) is 5.29. The first-order valence-corrected chi connectivity index (χ1v) is 6.37. The van der Waals surface area contributed by atoms with Crippen LogP contribution >= 0.6 is 22.6 Å². The van der Waals surface area contributed by atoms with E-state index in [-0.39, 0.29) is 5.56 Å². The minimum absolute atomic E-state index is 0.174. The SMILES string of the molecule is CCOc1ccc(Nc2nc[nH]c(=O)c2I)cn1. The highest BCUT2D eigenvalue weighted by atomic mass is 127. The van der Waals surface area contributed by atoms with Crippen LogP contribution in [0, 0.1) is 3.57 Å². The predicted molar refractivity (Wildman–Crippen MR) is 76.3 cm³/mol. The molecule has 2 heterocycles. The molecule has 18 heavy (non-hydrogen) atoms. The zero-order valence-electron chi connectivity index (χ0n) is 9.61. The number of aromatic amines is 1. The van der Waals surface area contributed by atoms with Crippen molar-refractivity contribution in [2.75, 3.05) is 11.9 Å². The van der Waals surface area contributed by atoms with E-state index in [1.807, 2.05) is 35.6 Å². The molecule has 7 heteroatoms. The number of pyridine rings is 1. The lowest BCUT2D eigenvalue weighted by Gasteiger charge is -2.07. The van der Waals surface area contributed by atoms with Gasteiger partial charge in [-0.1, -0.05) is 0 Å². The Kier molecular flexibility index (Phi) is 4.13. The predicted octanol–water partition coefficient (Wildman–Crippen LogP) is 1.91. The molecule has 0 radical (unpaired) electrons. The van der Waals surface area contributed by atoms with Crippen LogP contribution in [0.3, 0.4) is 0 Å². The van der Waals surface area contributed by atoms with Gasteiger partial charge in [-0.15, -0.1) is 0 Å². The van der Waals surface area contributed by atoms with Crippen molar-refractivity contribution < 1.29 is 4.74 Å². The molecule has 0 unspecified atom stereocenters. The number of rotatable bonds is 4. The summed E-state index contributed by atoms with van der Waals surface area (Å²) in [6, 6.07) is 3.57. The van der Waals surface area contributed by atoms with Crippen LogP contribution in [0.4, 0.5) is 11.5 Å². The van der Waals surface area contributed by atoms with Crippen LogP contribution in [-0.2, 0) is 0 Å². The van der Waals surface area contributed by atoms with E-state index in [0.29, 0.717) is 21.9 Å². The fourth-order valence-corrected chi connectivity index (χ4v) is 1.72. The van der Waals surface area contributed by atoms with Crippen molar-refractivity contribution in [1.29, 1.82) is 0 Å². The summed E-state index contributed by atoms with van der Waals surface area (Å²) in [6.07, 6.45) is 2.98. The smallest absolute Gasteiger partial charge is 0.266 e. The summed E-state index contributed by atoms with van der Waals surface area (Å²) in [4.78, 5) is 22.1. The van der Waals surface area contributed by atoms with Gasteiger partial charge in [-0.05, 0) is 35.6 Å². The van der Waals surface area contributed by atoms with Gasteiger partial charge in [0.05, 0.1) is 24.8 Å². The van der Waals surface area contributed by atoms with Crippen molar-refractivity contribution in [3.05, 3.63) is 38.6 Å². The lowest BCUT2D eigenvalue weighted by atomic mass is 10.4. The van der Waals surface area contributed by atoms with Crippen LogP contribution in [0.2, 0.25) is 0 Å². The molecule has 0 spiro atoms. The highest BCUT2D eigenvalue weighted by molar-refractivity contribution is 14.1. The third-order valence-corrected chi connectivity index (χ3v) is 3.09. The maximum Gasteiger partial charge on any atom is 0.266 e. The monoisotopic (exact) mass is 358 g/mol. The molecule has 94 valence electrons. The number of ether oxygens (including phenoxy) is 1. The Bertz CT molecular complexity index is 582. The van der Waals surface area contributed by atoms with Gasteiger partial charge in [-0.3, -0.25) is 4.79 Å². The third-order valence-electron chi connectivity index (χ3n) is 2.09. The number of hydrogen-bond acceptors (Lipinski definition) is 5. The molecule has 2 rings (SSSR count). The molecule has 0 aliphatic heterocycles. The van der Waals surface area contributed by atoms with E-state index in [9.17, 15) is 4.79 Å². The highest BCUT2D eigenvalue weighted by Crippen LogP contribution is 2.18. The van der Waals surface area contributed by atoms with Gasteiger partial charge in [0, 0.05) is 6.07 Å². The average Bonchev–Trinajstić information content (AvgIpc) is 2.38. The number of hydrogen-bond donors (Lipinski definition) is 2. The second-order valence-corrected chi connectivity index (χ2v) is 4.42. The number of aromatic nitrogens is 3. The molecule has 0 aromatic carbocycles. The third kappa shape index (κ3) is 2.97. The number of halogens is 1. The Hall–Kier alpha value is -1.64. The minimum atomic E-state index is -0.174. The molecule has 0 saturated heterocycles. The maximum atomic E-state index is 11.4. The summed E-state index contributed by atoms with van der Waals surface area (Å²) >= 11 is 1.94. The van der Waals surface area contributed by atoms with Gasteiger partial charge >= 0.3 is 0 Å². The molecule has 0 fully saturated rings. The fraction of sp³-hybridized carbons (Fsp3) is 0.182. The van der Waals surface area contributed by atoms with E-state index in [4.69, 9.17) is 4.74 Å². The van der Waals surface area contributed by atoms with Gasteiger partial charge in [0.1, 0.15) is 3.57 Å². The number of nitrogens with zero attached hydrogens (tertiary/aromatic N) is 2. The fourth-order valence-electron chi connectivity index (χ4n) is 1.29. The summed E-state index contributed by atoms with van der Waals surface area (Å²) in [5.41, 5.74) is 0.571. The summed E-state index contributed by atoms with van der Waals surface area (Å²) in [6.45, 7) is 2.48. The normalized spacial score (nSPS) is 10.1. The molecule has 2 aromatic heterocycles. The van der Waals surface area contributed by atoms with Gasteiger partial charge < -0.3 is 15.0 Å². The molecule has 0 amide bonds. The van der Waals surface area contributed by atoms with Crippen molar-refractivity contribution in [3.63, 3.8) is 0 Å². The Labute approximate surface area is 117 Å². The van der Waals surface area contributed by atoms with Crippen LogP contribution in [0.15, 0.2) is 29.5 Å². The van der Waals surface area contributed by atoms with E-state index in [1.165, 1.54) is 6.33 Å². The van der Waals surface area contributed by atoms with Crippen LogP contribution < -0.4 is 15.6 Å². The highest BCUT2D eigenvalue weighted by Gasteiger charge is 2.05. The van der Waals surface area contributed by atoms with Crippen molar-refractivity contribution in [2.24, 2.45) is 0 Å². The Balaban J connectivity index is 2.18. The molecular weight excluding hydrogens is 347 g/mol. The summed E-state index contributed by atoms with van der Waals surface area (Å²) < 4.78 is 5.75. The van der Waals surface area contributed by atoms with Crippen LogP contribution in [0.25, 0.3) is 0 Å². The molecule has 0 aliphatic carbocycles. The molecule has 2 N–H and O–H groups in total. The zero-order chi connectivity index (χ0) is 13.0. The second-order valence-electron chi connectivity index (χ2n) is 3.34. The van der Waals surface area contributed by atoms with E-state index in [1.54, 1.807) is 12.3 Å². The molecule has 0 aliphatic rings.